The fraction of sp³-hybridized carbons (Fsp3) is 0.394. The maximum atomic E-state index is 14.3. The number of carbonyl (C=O) groups excluding carboxylic acids is 2. The van der Waals surface area contributed by atoms with Crippen molar-refractivity contribution >= 4 is 22.8 Å². The molecule has 1 heterocycles. The lowest BCUT2D eigenvalue weighted by Gasteiger charge is -2.34. The van der Waals surface area contributed by atoms with Gasteiger partial charge in [-0.05, 0) is 74.7 Å². The average Bonchev–Trinajstić information content (AvgIpc) is 3.43. The van der Waals surface area contributed by atoms with Crippen LogP contribution in [0.25, 0.3) is 11.0 Å². The van der Waals surface area contributed by atoms with Gasteiger partial charge >= 0.3 is 0 Å². The standard InChI is InChI=1S/C33H41N5O7/c1-33(2,3)34-32(40)30(22-18-27(43-6)31(45-8)28(19-22)44-7)37(16-15-21-13-14-25(41-4)26(17-21)42-5)29(39)20-38-24-12-10-9-11-23(24)35-36-38/h9-14,17-19,30H,15-16,20H2,1-8H3,(H,34,40). The number of hydrogen-bond acceptors (Lipinski definition) is 9. The number of rotatable bonds is 13. The van der Waals surface area contributed by atoms with E-state index in [0.29, 0.717) is 51.8 Å². The topological polar surface area (TPSA) is 126 Å². The molecule has 240 valence electrons. The third-order valence-electron chi connectivity index (χ3n) is 7.18. The van der Waals surface area contributed by atoms with Crippen LogP contribution < -0.4 is 29.0 Å². The van der Waals surface area contributed by atoms with Crippen molar-refractivity contribution in [1.82, 2.24) is 25.2 Å². The molecule has 45 heavy (non-hydrogen) atoms. The number of para-hydroxylation sites is 1. The average molecular weight is 620 g/mol. The van der Waals surface area contributed by atoms with Gasteiger partial charge in [0, 0.05) is 12.1 Å². The molecule has 0 aliphatic rings. The summed E-state index contributed by atoms with van der Waals surface area (Å²) in [5, 5.41) is 11.5. The fourth-order valence-corrected chi connectivity index (χ4v) is 5.11. The van der Waals surface area contributed by atoms with Gasteiger partial charge in [0.25, 0.3) is 0 Å². The van der Waals surface area contributed by atoms with Gasteiger partial charge < -0.3 is 33.9 Å². The Morgan fingerprint density at radius 1 is 0.844 bits per heavy atom. The van der Waals surface area contributed by atoms with Crippen molar-refractivity contribution in [3.05, 3.63) is 65.7 Å². The number of methoxy groups -OCH3 is 5. The van der Waals surface area contributed by atoms with Crippen LogP contribution in [-0.2, 0) is 22.6 Å². The minimum Gasteiger partial charge on any atom is -0.493 e. The van der Waals surface area contributed by atoms with E-state index in [4.69, 9.17) is 23.7 Å². The van der Waals surface area contributed by atoms with Crippen molar-refractivity contribution in [3.63, 3.8) is 0 Å². The number of nitrogens with zero attached hydrogens (tertiary/aromatic N) is 4. The van der Waals surface area contributed by atoms with Crippen molar-refractivity contribution < 1.29 is 33.3 Å². The van der Waals surface area contributed by atoms with E-state index < -0.39 is 11.6 Å². The Bertz CT molecular complexity index is 1620. The molecule has 0 bridgehead atoms. The van der Waals surface area contributed by atoms with Gasteiger partial charge in [0.15, 0.2) is 23.0 Å². The number of hydrogen-bond donors (Lipinski definition) is 1. The number of benzene rings is 3. The van der Waals surface area contributed by atoms with Crippen LogP contribution in [0.2, 0.25) is 0 Å². The van der Waals surface area contributed by atoms with Gasteiger partial charge in [-0.25, -0.2) is 4.68 Å². The molecule has 4 rings (SSSR count). The molecular weight excluding hydrogens is 578 g/mol. The normalized spacial score (nSPS) is 11.9. The summed E-state index contributed by atoms with van der Waals surface area (Å²) in [7, 11) is 7.65. The molecule has 4 aromatic rings. The summed E-state index contributed by atoms with van der Waals surface area (Å²) in [6.45, 7) is 5.69. The zero-order valence-electron chi connectivity index (χ0n) is 27.0. The molecule has 0 fully saturated rings. The van der Waals surface area contributed by atoms with Gasteiger partial charge in [-0.15, -0.1) is 5.10 Å². The minimum absolute atomic E-state index is 0.143. The largest absolute Gasteiger partial charge is 0.493 e. The molecule has 2 amide bonds. The third kappa shape index (κ3) is 7.57. The Hall–Kier alpha value is -5.00. The molecule has 0 saturated carbocycles. The van der Waals surface area contributed by atoms with E-state index in [1.807, 2.05) is 63.2 Å². The van der Waals surface area contributed by atoms with E-state index in [9.17, 15) is 9.59 Å². The molecule has 0 saturated heterocycles. The van der Waals surface area contributed by atoms with E-state index in [2.05, 4.69) is 15.6 Å². The smallest absolute Gasteiger partial charge is 0.247 e. The summed E-state index contributed by atoms with van der Waals surface area (Å²) in [6.07, 6.45) is 0.411. The van der Waals surface area contributed by atoms with Crippen LogP contribution in [0.15, 0.2) is 54.6 Å². The van der Waals surface area contributed by atoms with Gasteiger partial charge in [-0.2, -0.15) is 0 Å². The highest BCUT2D eigenvalue weighted by molar-refractivity contribution is 5.90. The summed E-state index contributed by atoms with van der Waals surface area (Å²) in [6, 6.07) is 15.3. The lowest BCUT2D eigenvalue weighted by atomic mass is 9.99. The number of amides is 2. The van der Waals surface area contributed by atoms with E-state index in [1.165, 1.54) is 26.0 Å². The third-order valence-corrected chi connectivity index (χ3v) is 7.18. The Labute approximate surface area is 263 Å². The van der Waals surface area contributed by atoms with Crippen LogP contribution in [0.1, 0.15) is 37.9 Å². The van der Waals surface area contributed by atoms with E-state index in [-0.39, 0.29) is 24.9 Å². The number of fused-ring (bicyclic) bond motifs is 1. The zero-order chi connectivity index (χ0) is 32.7. The molecule has 1 atom stereocenters. The molecular formula is C33H41N5O7. The van der Waals surface area contributed by atoms with Crippen LogP contribution in [0.3, 0.4) is 0 Å². The van der Waals surface area contributed by atoms with Gasteiger partial charge in [-0.1, -0.05) is 23.4 Å². The van der Waals surface area contributed by atoms with Gasteiger partial charge in [-0.3, -0.25) is 9.59 Å². The molecule has 0 spiro atoms. The summed E-state index contributed by atoms with van der Waals surface area (Å²) < 4.78 is 29.2. The number of ether oxygens (including phenoxy) is 5. The van der Waals surface area contributed by atoms with Crippen molar-refractivity contribution in [1.29, 1.82) is 0 Å². The quantitative estimate of drug-likeness (QED) is 0.234. The summed E-state index contributed by atoms with van der Waals surface area (Å²) in [5.41, 5.74) is 2.14. The number of aromatic nitrogens is 3. The molecule has 0 radical (unpaired) electrons. The minimum atomic E-state index is -1.07. The van der Waals surface area contributed by atoms with Gasteiger partial charge in [0.1, 0.15) is 18.1 Å². The maximum absolute atomic E-state index is 14.3. The SMILES string of the molecule is COc1ccc(CCN(C(=O)Cn2nnc3ccccc32)C(C(=O)NC(C)(C)C)c2cc(OC)c(OC)c(OC)c2)cc1OC. The van der Waals surface area contributed by atoms with Crippen molar-refractivity contribution in [3.8, 4) is 28.7 Å². The highest BCUT2D eigenvalue weighted by Crippen LogP contribution is 2.41. The van der Waals surface area contributed by atoms with Gasteiger partial charge in [0.2, 0.25) is 17.6 Å². The van der Waals surface area contributed by atoms with Crippen LogP contribution in [-0.4, -0.2) is 79.3 Å². The first-order chi connectivity index (χ1) is 21.5. The Kier molecular flexibility index (Phi) is 10.4. The van der Waals surface area contributed by atoms with Crippen LogP contribution in [0.4, 0.5) is 0 Å². The van der Waals surface area contributed by atoms with E-state index in [0.717, 1.165) is 5.56 Å². The summed E-state index contributed by atoms with van der Waals surface area (Å²) in [5.74, 6) is 1.52. The second kappa shape index (κ2) is 14.2. The molecule has 0 aliphatic carbocycles. The molecule has 1 aromatic heterocycles. The predicted molar refractivity (Wildman–Crippen MR) is 169 cm³/mol. The molecule has 1 N–H and O–H groups in total. The fourth-order valence-electron chi connectivity index (χ4n) is 5.11. The van der Waals surface area contributed by atoms with E-state index in [1.54, 1.807) is 31.3 Å². The van der Waals surface area contributed by atoms with Crippen molar-refractivity contribution in [2.45, 2.75) is 45.3 Å². The monoisotopic (exact) mass is 619 g/mol. The Morgan fingerprint density at radius 3 is 2.09 bits per heavy atom. The zero-order valence-corrected chi connectivity index (χ0v) is 27.0. The molecule has 12 nitrogen and oxygen atoms in total. The first-order valence-corrected chi connectivity index (χ1v) is 14.4. The van der Waals surface area contributed by atoms with E-state index >= 15 is 0 Å². The first-order valence-electron chi connectivity index (χ1n) is 14.4. The molecule has 0 aliphatic heterocycles. The molecule has 1 unspecified atom stereocenters. The lowest BCUT2D eigenvalue weighted by molar-refractivity contribution is -0.142. The van der Waals surface area contributed by atoms with Crippen LogP contribution in [0, 0.1) is 0 Å². The first kappa shape index (κ1) is 32.9. The lowest BCUT2D eigenvalue weighted by Crippen LogP contribution is -2.50. The summed E-state index contributed by atoms with van der Waals surface area (Å²) >= 11 is 0. The Morgan fingerprint density at radius 2 is 1.49 bits per heavy atom. The summed E-state index contributed by atoms with van der Waals surface area (Å²) in [4.78, 5) is 30.1. The van der Waals surface area contributed by atoms with Gasteiger partial charge in [0.05, 0.1) is 41.1 Å². The maximum Gasteiger partial charge on any atom is 0.247 e. The molecule has 3 aromatic carbocycles. The molecule has 12 heteroatoms. The van der Waals surface area contributed by atoms with Crippen LogP contribution in [0.5, 0.6) is 28.7 Å². The second-order valence-corrected chi connectivity index (χ2v) is 11.4. The Balaban J connectivity index is 1.83. The van der Waals surface area contributed by atoms with Crippen molar-refractivity contribution in [2.75, 3.05) is 42.1 Å². The second-order valence-electron chi connectivity index (χ2n) is 11.4. The number of carbonyl (C=O) groups is 2. The highest BCUT2D eigenvalue weighted by atomic mass is 16.5. The van der Waals surface area contributed by atoms with Crippen molar-refractivity contribution in [2.24, 2.45) is 0 Å². The predicted octanol–water partition coefficient (Wildman–Crippen LogP) is 4.20. The number of nitrogens with one attached hydrogen (secondary N) is 1. The van der Waals surface area contributed by atoms with Crippen LogP contribution >= 0.6 is 0 Å². The highest BCUT2D eigenvalue weighted by Gasteiger charge is 2.35.